The molecule has 0 fully saturated rings. The normalized spacial score (nSPS) is 10.2. The van der Waals surface area contributed by atoms with Crippen LogP contribution < -0.4 is 0 Å². The quantitative estimate of drug-likeness (QED) is 0.415. The number of hydrogen-bond donors (Lipinski definition) is 0. The molecule has 4 nitrogen and oxygen atoms in total. The number of rotatable bonds is 7. The SMILES string of the molecule is CCOC[CH]OOC(=O)c1ccc(CC)cc1. The maximum atomic E-state index is 11.5. The summed E-state index contributed by atoms with van der Waals surface area (Å²) >= 11 is 0. The molecule has 1 aromatic rings. The Balaban J connectivity index is 2.31. The fourth-order valence-electron chi connectivity index (χ4n) is 1.20. The molecule has 0 saturated carbocycles. The summed E-state index contributed by atoms with van der Waals surface area (Å²) in [5, 5.41) is 0. The van der Waals surface area contributed by atoms with Gasteiger partial charge in [0, 0.05) is 6.61 Å². The summed E-state index contributed by atoms with van der Waals surface area (Å²) in [6, 6.07) is 7.21. The lowest BCUT2D eigenvalue weighted by Crippen LogP contribution is -2.07. The van der Waals surface area contributed by atoms with Crippen LogP contribution in [0.5, 0.6) is 0 Å². The third-order valence-electron chi connectivity index (χ3n) is 2.18. The van der Waals surface area contributed by atoms with Crippen molar-refractivity contribution < 1.29 is 19.3 Å². The Kier molecular flexibility index (Phi) is 6.29. The van der Waals surface area contributed by atoms with Gasteiger partial charge in [0.2, 0.25) is 0 Å². The Morgan fingerprint density at radius 2 is 1.94 bits per heavy atom. The smallest absolute Gasteiger partial charge is 0.373 e. The molecule has 1 rings (SSSR count). The van der Waals surface area contributed by atoms with Crippen molar-refractivity contribution in [2.75, 3.05) is 13.2 Å². The van der Waals surface area contributed by atoms with Gasteiger partial charge in [-0.2, -0.15) is 4.89 Å². The topological polar surface area (TPSA) is 44.8 Å². The van der Waals surface area contributed by atoms with Gasteiger partial charge in [0.15, 0.2) is 6.61 Å². The first-order chi connectivity index (χ1) is 8.27. The average Bonchev–Trinajstić information content (AvgIpc) is 2.38. The summed E-state index contributed by atoms with van der Waals surface area (Å²) in [5.74, 6) is -0.514. The van der Waals surface area contributed by atoms with Crippen LogP contribution in [0.4, 0.5) is 0 Å². The van der Waals surface area contributed by atoms with E-state index in [1.54, 1.807) is 12.1 Å². The summed E-state index contributed by atoms with van der Waals surface area (Å²) < 4.78 is 4.98. The molecule has 1 aromatic carbocycles. The molecule has 93 valence electrons. The second kappa shape index (κ2) is 7.81. The molecule has 0 spiro atoms. The van der Waals surface area contributed by atoms with Crippen LogP contribution in [0, 0.1) is 6.61 Å². The van der Waals surface area contributed by atoms with Crippen LogP contribution in [0.25, 0.3) is 0 Å². The molecule has 0 bridgehead atoms. The van der Waals surface area contributed by atoms with E-state index in [9.17, 15) is 4.79 Å². The zero-order valence-electron chi connectivity index (χ0n) is 10.1. The number of aryl methyl sites for hydroxylation is 1. The van der Waals surface area contributed by atoms with Crippen LogP contribution >= 0.6 is 0 Å². The molecule has 0 amide bonds. The fraction of sp³-hybridized carbons (Fsp3) is 0.385. The zero-order valence-corrected chi connectivity index (χ0v) is 10.1. The van der Waals surface area contributed by atoms with Crippen molar-refractivity contribution in [1.82, 2.24) is 0 Å². The Morgan fingerprint density at radius 3 is 2.53 bits per heavy atom. The van der Waals surface area contributed by atoms with E-state index < -0.39 is 5.97 Å². The van der Waals surface area contributed by atoms with E-state index in [1.165, 1.54) is 12.2 Å². The van der Waals surface area contributed by atoms with E-state index in [-0.39, 0.29) is 0 Å². The van der Waals surface area contributed by atoms with Crippen molar-refractivity contribution in [1.29, 1.82) is 0 Å². The Labute approximate surface area is 101 Å². The molecule has 0 N–H and O–H groups in total. The van der Waals surface area contributed by atoms with Crippen LogP contribution in [0.3, 0.4) is 0 Å². The van der Waals surface area contributed by atoms with Crippen molar-refractivity contribution in [3.8, 4) is 0 Å². The molecule has 1 radical (unpaired) electrons. The van der Waals surface area contributed by atoms with Gasteiger partial charge in [0.25, 0.3) is 0 Å². The summed E-state index contributed by atoms with van der Waals surface area (Å²) in [6.07, 6.45) is 0.938. The van der Waals surface area contributed by atoms with E-state index in [0.717, 1.165) is 6.42 Å². The first kappa shape index (κ1) is 13.7. The Morgan fingerprint density at radius 1 is 1.24 bits per heavy atom. The number of carbonyl (C=O) groups excluding carboxylic acids is 1. The molecule has 0 aromatic heterocycles. The molecule has 0 atom stereocenters. The van der Waals surface area contributed by atoms with Crippen LogP contribution in [-0.2, 0) is 20.9 Å². The van der Waals surface area contributed by atoms with E-state index in [2.05, 4.69) is 16.7 Å². The lowest BCUT2D eigenvalue weighted by molar-refractivity contribution is -0.218. The minimum absolute atomic E-state index is 0.290. The molecule has 0 unspecified atom stereocenters. The van der Waals surface area contributed by atoms with Gasteiger partial charge >= 0.3 is 5.97 Å². The molecular weight excluding hydrogens is 220 g/mol. The second-order valence-corrected chi connectivity index (χ2v) is 3.34. The van der Waals surface area contributed by atoms with Gasteiger partial charge in [0.1, 0.15) is 0 Å². The molecule has 0 aliphatic rings. The summed E-state index contributed by atoms with van der Waals surface area (Å²) in [6.45, 7) is 6.10. The second-order valence-electron chi connectivity index (χ2n) is 3.34. The third-order valence-corrected chi connectivity index (χ3v) is 2.18. The molecule has 0 saturated heterocycles. The summed E-state index contributed by atoms with van der Waals surface area (Å²) in [7, 11) is 0. The highest BCUT2D eigenvalue weighted by molar-refractivity contribution is 5.88. The lowest BCUT2D eigenvalue weighted by atomic mass is 10.1. The predicted octanol–water partition coefficient (Wildman–Crippen LogP) is 2.54. The van der Waals surface area contributed by atoms with Crippen molar-refractivity contribution in [3.63, 3.8) is 0 Å². The van der Waals surface area contributed by atoms with Gasteiger partial charge in [0.05, 0.1) is 12.2 Å². The first-order valence-electron chi connectivity index (χ1n) is 5.64. The molecular formula is C13H17O4. The van der Waals surface area contributed by atoms with Crippen LogP contribution in [0.1, 0.15) is 29.8 Å². The number of carbonyl (C=O) groups is 1. The number of hydrogen-bond acceptors (Lipinski definition) is 4. The Hall–Kier alpha value is -1.39. The number of ether oxygens (including phenoxy) is 1. The minimum Gasteiger partial charge on any atom is -0.379 e. The molecule has 0 aliphatic heterocycles. The van der Waals surface area contributed by atoms with Gasteiger partial charge in [-0.1, -0.05) is 19.1 Å². The van der Waals surface area contributed by atoms with E-state index in [4.69, 9.17) is 4.74 Å². The van der Waals surface area contributed by atoms with E-state index >= 15 is 0 Å². The van der Waals surface area contributed by atoms with Crippen LogP contribution in [0.2, 0.25) is 0 Å². The third kappa shape index (κ3) is 4.97. The maximum Gasteiger partial charge on any atom is 0.373 e. The first-order valence-corrected chi connectivity index (χ1v) is 5.64. The van der Waals surface area contributed by atoms with Crippen molar-refractivity contribution in [2.24, 2.45) is 0 Å². The number of benzene rings is 1. The van der Waals surface area contributed by atoms with Gasteiger partial charge in [-0.25, -0.2) is 4.79 Å². The van der Waals surface area contributed by atoms with Crippen molar-refractivity contribution in [3.05, 3.63) is 42.0 Å². The van der Waals surface area contributed by atoms with Crippen LogP contribution in [-0.4, -0.2) is 19.2 Å². The van der Waals surface area contributed by atoms with Gasteiger partial charge < -0.3 is 4.74 Å². The molecule has 0 aliphatic carbocycles. The predicted molar refractivity (Wildman–Crippen MR) is 63.1 cm³/mol. The van der Waals surface area contributed by atoms with Gasteiger partial charge in [-0.15, -0.1) is 0 Å². The van der Waals surface area contributed by atoms with Gasteiger partial charge in [-0.3, -0.25) is 4.89 Å². The Bertz CT molecular complexity index is 332. The van der Waals surface area contributed by atoms with Gasteiger partial charge in [-0.05, 0) is 31.0 Å². The monoisotopic (exact) mass is 237 g/mol. The van der Waals surface area contributed by atoms with Crippen LogP contribution in [0.15, 0.2) is 24.3 Å². The zero-order chi connectivity index (χ0) is 12.5. The van der Waals surface area contributed by atoms with Crippen molar-refractivity contribution in [2.45, 2.75) is 20.3 Å². The summed E-state index contributed by atoms with van der Waals surface area (Å²) in [4.78, 5) is 20.7. The summed E-state index contributed by atoms with van der Waals surface area (Å²) in [5.41, 5.74) is 1.64. The average molecular weight is 237 g/mol. The largest absolute Gasteiger partial charge is 0.379 e. The highest BCUT2D eigenvalue weighted by Crippen LogP contribution is 2.06. The molecule has 17 heavy (non-hydrogen) atoms. The standard InChI is InChI=1S/C13H17O4/c1-3-11-5-7-12(8-6-11)13(14)17-16-10-9-15-4-2/h5-8,10H,3-4,9H2,1-2H3. The van der Waals surface area contributed by atoms with E-state index in [0.29, 0.717) is 18.8 Å². The lowest BCUT2D eigenvalue weighted by Gasteiger charge is -2.03. The molecule has 4 heteroatoms. The fourth-order valence-corrected chi connectivity index (χ4v) is 1.20. The highest BCUT2D eigenvalue weighted by Gasteiger charge is 2.07. The van der Waals surface area contributed by atoms with E-state index in [1.807, 2.05) is 19.1 Å². The van der Waals surface area contributed by atoms with Crippen molar-refractivity contribution >= 4 is 5.97 Å². The molecule has 0 heterocycles. The minimum atomic E-state index is -0.514. The highest BCUT2D eigenvalue weighted by atomic mass is 17.2. The maximum absolute atomic E-state index is 11.5.